The number of aromatic nitrogens is 3. The van der Waals surface area contributed by atoms with Gasteiger partial charge in [0.2, 0.25) is 5.95 Å². The minimum Gasteiger partial charge on any atom is -0.368 e. The summed E-state index contributed by atoms with van der Waals surface area (Å²) in [6.45, 7) is 4.12. The molecule has 0 unspecified atom stereocenters. The molecule has 0 saturated heterocycles. The number of nitrogens with one attached hydrogen (secondary N) is 1. The smallest absolute Gasteiger partial charge is 0.221 e. The standard InChI is InChI=1S/C16H17N5/c1-9-5-4-6-10(2)13(9)12-7-11-8-19-16(18)20-15(11)21(3)14(12)17/h4-8,17H,1-3H3,(H2,18,19,20). The average molecular weight is 279 g/mol. The van der Waals surface area contributed by atoms with Crippen LogP contribution < -0.4 is 11.2 Å². The molecule has 21 heavy (non-hydrogen) atoms. The van der Waals surface area contributed by atoms with Crippen molar-refractivity contribution >= 4 is 17.0 Å². The summed E-state index contributed by atoms with van der Waals surface area (Å²) in [5, 5.41) is 9.32. The van der Waals surface area contributed by atoms with Gasteiger partial charge in [0.15, 0.2) is 0 Å². The molecule has 5 heteroatoms. The van der Waals surface area contributed by atoms with Gasteiger partial charge in [-0.15, -0.1) is 0 Å². The van der Waals surface area contributed by atoms with E-state index in [1.54, 1.807) is 10.8 Å². The summed E-state index contributed by atoms with van der Waals surface area (Å²) in [5.74, 6) is 0.220. The van der Waals surface area contributed by atoms with Crippen LogP contribution in [0.2, 0.25) is 0 Å². The van der Waals surface area contributed by atoms with Crippen molar-refractivity contribution in [3.05, 3.63) is 47.1 Å². The Bertz CT molecular complexity index is 888. The van der Waals surface area contributed by atoms with Crippen molar-refractivity contribution in [1.29, 1.82) is 5.41 Å². The summed E-state index contributed by atoms with van der Waals surface area (Å²) in [5.41, 5.74) is 11.0. The Hall–Kier alpha value is -2.69. The molecule has 2 aromatic heterocycles. The van der Waals surface area contributed by atoms with Crippen LogP contribution in [0.15, 0.2) is 30.5 Å². The van der Waals surface area contributed by atoms with Crippen LogP contribution in [0.25, 0.3) is 22.2 Å². The predicted octanol–water partition coefficient (Wildman–Crippen LogP) is 2.31. The fourth-order valence-corrected chi connectivity index (χ4v) is 2.71. The van der Waals surface area contributed by atoms with E-state index in [1.807, 2.05) is 19.2 Å². The van der Waals surface area contributed by atoms with E-state index in [4.69, 9.17) is 11.1 Å². The monoisotopic (exact) mass is 279 g/mol. The maximum Gasteiger partial charge on any atom is 0.221 e. The fraction of sp³-hybridized carbons (Fsp3) is 0.188. The minimum absolute atomic E-state index is 0.220. The van der Waals surface area contributed by atoms with E-state index in [1.165, 1.54) is 0 Å². The van der Waals surface area contributed by atoms with Gasteiger partial charge in [0.1, 0.15) is 11.1 Å². The second kappa shape index (κ2) is 4.70. The molecule has 106 valence electrons. The van der Waals surface area contributed by atoms with Gasteiger partial charge >= 0.3 is 0 Å². The van der Waals surface area contributed by atoms with Gasteiger partial charge in [0.05, 0.1) is 0 Å². The zero-order valence-corrected chi connectivity index (χ0v) is 12.3. The molecule has 5 nitrogen and oxygen atoms in total. The number of benzene rings is 1. The van der Waals surface area contributed by atoms with Crippen molar-refractivity contribution in [3.63, 3.8) is 0 Å². The number of nitrogens with zero attached hydrogens (tertiary/aromatic N) is 3. The SMILES string of the molecule is Cc1cccc(C)c1-c1cc2cnc(N)nc2n(C)c1=N. The van der Waals surface area contributed by atoms with Crippen molar-refractivity contribution in [1.82, 2.24) is 14.5 Å². The van der Waals surface area contributed by atoms with Crippen LogP contribution in [0.4, 0.5) is 5.95 Å². The molecule has 0 aliphatic rings. The molecule has 3 rings (SSSR count). The lowest BCUT2D eigenvalue weighted by molar-refractivity contribution is 0.843. The Morgan fingerprint density at radius 3 is 2.52 bits per heavy atom. The number of fused-ring (bicyclic) bond motifs is 1. The first-order valence-electron chi connectivity index (χ1n) is 6.72. The van der Waals surface area contributed by atoms with Crippen LogP contribution in [0.1, 0.15) is 11.1 Å². The minimum atomic E-state index is 0.220. The van der Waals surface area contributed by atoms with E-state index in [9.17, 15) is 0 Å². The van der Waals surface area contributed by atoms with Gasteiger partial charge in [0, 0.05) is 24.2 Å². The molecule has 0 bridgehead atoms. The van der Waals surface area contributed by atoms with Gasteiger partial charge in [-0.2, -0.15) is 4.98 Å². The zero-order chi connectivity index (χ0) is 15.1. The third-order valence-corrected chi connectivity index (χ3v) is 3.77. The first-order chi connectivity index (χ1) is 9.99. The van der Waals surface area contributed by atoms with Gasteiger partial charge in [-0.3, -0.25) is 5.41 Å². The Balaban J connectivity index is 2.42. The Kier molecular flexibility index (Phi) is 2.97. The predicted molar refractivity (Wildman–Crippen MR) is 83.7 cm³/mol. The van der Waals surface area contributed by atoms with Gasteiger partial charge in [-0.05, 0) is 36.6 Å². The van der Waals surface area contributed by atoms with Gasteiger partial charge < -0.3 is 10.3 Å². The number of anilines is 1. The summed E-state index contributed by atoms with van der Waals surface area (Å²) >= 11 is 0. The largest absolute Gasteiger partial charge is 0.368 e. The summed E-state index contributed by atoms with van der Waals surface area (Å²) in [4.78, 5) is 8.28. The Labute approximate surface area is 122 Å². The van der Waals surface area contributed by atoms with Crippen molar-refractivity contribution in [3.8, 4) is 11.1 Å². The maximum absolute atomic E-state index is 8.44. The fourth-order valence-electron chi connectivity index (χ4n) is 2.71. The van der Waals surface area contributed by atoms with E-state index in [0.29, 0.717) is 11.1 Å². The van der Waals surface area contributed by atoms with Crippen LogP contribution >= 0.6 is 0 Å². The number of hydrogen-bond donors (Lipinski definition) is 2. The highest BCUT2D eigenvalue weighted by Gasteiger charge is 2.12. The average Bonchev–Trinajstić information content (AvgIpc) is 2.44. The number of aryl methyl sites for hydroxylation is 3. The third kappa shape index (κ3) is 2.07. The second-order valence-corrected chi connectivity index (χ2v) is 5.24. The molecule has 0 atom stereocenters. The van der Waals surface area contributed by atoms with Crippen molar-refractivity contribution in [2.45, 2.75) is 13.8 Å². The summed E-state index contributed by atoms with van der Waals surface area (Å²) < 4.78 is 1.74. The molecule has 0 spiro atoms. The highest BCUT2D eigenvalue weighted by atomic mass is 15.1. The van der Waals surface area contributed by atoms with E-state index in [0.717, 1.165) is 27.6 Å². The highest BCUT2D eigenvalue weighted by Crippen LogP contribution is 2.26. The van der Waals surface area contributed by atoms with Crippen molar-refractivity contribution in [2.24, 2.45) is 7.05 Å². The molecule has 0 radical (unpaired) electrons. The first kappa shape index (κ1) is 13.3. The van der Waals surface area contributed by atoms with Crippen LogP contribution in [0.3, 0.4) is 0 Å². The Morgan fingerprint density at radius 1 is 1.19 bits per heavy atom. The second-order valence-electron chi connectivity index (χ2n) is 5.24. The highest BCUT2D eigenvalue weighted by molar-refractivity contribution is 5.82. The topological polar surface area (TPSA) is 80.6 Å². The van der Waals surface area contributed by atoms with E-state index in [-0.39, 0.29) is 5.95 Å². The summed E-state index contributed by atoms with van der Waals surface area (Å²) in [6.07, 6.45) is 1.70. The lowest BCUT2D eigenvalue weighted by Gasteiger charge is -2.14. The zero-order valence-electron chi connectivity index (χ0n) is 12.3. The van der Waals surface area contributed by atoms with Crippen LogP contribution in [-0.4, -0.2) is 14.5 Å². The number of nitrogen functional groups attached to an aromatic ring is 1. The number of pyridine rings is 1. The molecule has 2 heterocycles. The van der Waals surface area contributed by atoms with Gasteiger partial charge in [-0.1, -0.05) is 18.2 Å². The maximum atomic E-state index is 8.44. The molecule has 0 fully saturated rings. The quantitative estimate of drug-likeness (QED) is 0.717. The molecule has 1 aromatic carbocycles. The molecular formula is C16H17N5. The third-order valence-electron chi connectivity index (χ3n) is 3.77. The van der Waals surface area contributed by atoms with Gasteiger partial charge in [0.25, 0.3) is 0 Å². The summed E-state index contributed by atoms with van der Waals surface area (Å²) in [7, 11) is 1.83. The molecule has 0 aliphatic heterocycles. The molecular weight excluding hydrogens is 262 g/mol. The first-order valence-corrected chi connectivity index (χ1v) is 6.72. The lowest BCUT2D eigenvalue weighted by atomic mass is 9.96. The van der Waals surface area contributed by atoms with Crippen molar-refractivity contribution in [2.75, 3.05) is 5.73 Å². The van der Waals surface area contributed by atoms with Crippen LogP contribution in [0.5, 0.6) is 0 Å². The van der Waals surface area contributed by atoms with Crippen LogP contribution in [-0.2, 0) is 7.05 Å². The lowest BCUT2D eigenvalue weighted by Crippen LogP contribution is -2.21. The van der Waals surface area contributed by atoms with E-state index in [2.05, 4.69) is 35.9 Å². The number of rotatable bonds is 1. The molecule has 3 aromatic rings. The normalized spacial score (nSPS) is 11.0. The van der Waals surface area contributed by atoms with Crippen molar-refractivity contribution < 1.29 is 0 Å². The molecule has 3 N–H and O–H groups in total. The van der Waals surface area contributed by atoms with Crippen LogP contribution in [0, 0.1) is 19.3 Å². The van der Waals surface area contributed by atoms with E-state index < -0.39 is 0 Å². The Morgan fingerprint density at radius 2 is 1.86 bits per heavy atom. The molecule has 0 saturated carbocycles. The van der Waals surface area contributed by atoms with Gasteiger partial charge in [-0.25, -0.2) is 4.98 Å². The number of nitrogens with two attached hydrogens (primary N) is 1. The van der Waals surface area contributed by atoms with E-state index >= 15 is 0 Å². The molecule has 0 amide bonds. The number of hydrogen-bond acceptors (Lipinski definition) is 4. The molecule has 0 aliphatic carbocycles. The summed E-state index contributed by atoms with van der Waals surface area (Å²) in [6, 6.07) is 8.12.